The highest BCUT2D eigenvalue weighted by Crippen LogP contribution is 2.19. The summed E-state index contributed by atoms with van der Waals surface area (Å²) in [6.07, 6.45) is 3.02. The fourth-order valence-corrected chi connectivity index (χ4v) is 3.55. The molecule has 1 amide bonds. The Morgan fingerprint density at radius 2 is 1.71 bits per heavy atom. The van der Waals surface area contributed by atoms with Crippen molar-refractivity contribution in [3.8, 4) is 5.75 Å². The van der Waals surface area contributed by atoms with Crippen molar-refractivity contribution in [2.24, 2.45) is 0 Å². The molecule has 0 aliphatic heterocycles. The number of anilines is 1. The fraction of sp³-hybridized carbons (Fsp3) is 0.192. The van der Waals surface area contributed by atoms with Crippen LogP contribution >= 0.6 is 0 Å². The highest BCUT2D eigenvalue weighted by molar-refractivity contribution is 5.91. The fourth-order valence-electron chi connectivity index (χ4n) is 3.55. The van der Waals surface area contributed by atoms with Gasteiger partial charge in [0, 0.05) is 34.9 Å². The van der Waals surface area contributed by atoms with E-state index in [0.29, 0.717) is 6.54 Å². The number of nitrogens with one attached hydrogen (secondary N) is 3. The molecule has 1 heterocycles. The van der Waals surface area contributed by atoms with Gasteiger partial charge >= 0.3 is 0 Å². The maximum Gasteiger partial charge on any atom is 0.262 e. The number of carbonyl (C=O) groups excluding carboxylic acids is 1. The van der Waals surface area contributed by atoms with Crippen molar-refractivity contribution in [2.45, 2.75) is 19.9 Å². The lowest BCUT2D eigenvalue weighted by Crippen LogP contribution is -2.21. The molecule has 0 fully saturated rings. The number of hydrogen-bond donors (Lipinski definition) is 3. The predicted octanol–water partition coefficient (Wildman–Crippen LogP) is 4.83. The first kappa shape index (κ1) is 20.7. The third-order valence-corrected chi connectivity index (χ3v) is 5.23. The van der Waals surface area contributed by atoms with E-state index < -0.39 is 0 Å². The monoisotopic (exact) mass is 413 g/mol. The molecule has 1 aromatic heterocycles. The molecule has 3 aromatic carbocycles. The summed E-state index contributed by atoms with van der Waals surface area (Å²) in [5, 5.41) is 7.61. The molecule has 4 aromatic rings. The molecule has 0 aliphatic carbocycles. The number of H-pyrrole nitrogens is 1. The van der Waals surface area contributed by atoms with Gasteiger partial charge in [-0.3, -0.25) is 4.79 Å². The molecule has 0 saturated carbocycles. The average molecular weight is 414 g/mol. The summed E-state index contributed by atoms with van der Waals surface area (Å²) in [6.45, 7) is 3.52. The van der Waals surface area contributed by atoms with Crippen LogP contribution in [-0.2, 0) is 17.8 Å². The van der Waals surface area contributed by atoms with Crippen LogP contribution in [0.4, 0.5) is 5.69 Å². The van der Waals surface area contributed by atoms with Gasteiger partial charge in [0.1, 0.15) is 5.75 Å². The van der Waals surface area contributed by atoms with Crippen LogP contribution in [0.1, 0.15) is 16.7 Å². The summed E-state index contributed by atoms with van der Waals surface area (Å²) in [5.41, 5.74) is 5.43. The number of carbonyl (C=O) groups is 1. The number of amides is 1. The third-order valence-electron chi connectivity index (χ3n) is 5.23. The van der Waals surface area contributed by atoms with Gasteiger partial charge in [-0.2, -0.15) is 0 Å². The number of fused-ring (bicyclic) bond motifs is 1. The summed E-state index contributed by atoms with van der Waals surface area (Å²) in [7, 11) is 0. The van der Waals surface area contributed by atoms with Crippen LogP contribution in [-0.4, -0.2) is 24.0 Å². The predicted molar refractivity (Wildman–Crippen MR) is 125 cm³/mol. The molecule has 5 nitrogen and oxygen atoms in total. The minimum absolute atomic E-state index is 0.0276. The van der Waals surface area contributed by atoms with Gasteiger partial charge in [0.15, 0.2) is 6.61 Å². The van der Waals surface area contributed by atoms with Gasteiger partial charge in [-0.1, -0.05) is 54.1 Å². The Balaban J connectivity index is 1.27. The van der Waals surface area contributed by atoms with Crippen molar-refractivity contribution in [1.82, 2.24) is 10.3 Å². The number of benzene rings is 3. The van der Waals surface area contributed by atoms with Gasteiger partial charge in [0.2, 0.25) is 0 Å². The number of aryl methyl sites for hydroxylation is 1. The molecule has 31 heavy (non-hydrogen) atoms. The van der Waals surface area contributed by atoms with Crippen LogP contribution < -0.4 is 15.4 Å². The first-order chi connectivity index (χ1) is 15.2. The SMILES string of the molecule is Cc1ccc(NC(=O)COc2ccccc2CNCCc2c[nH]c3ccccc23)cc1. The van der Waals surface area contributed by atoms with Crippen molar-refractivity contribution in [2.75, 3.05) is 18.5 Å². The zero-order chi connectivity index (χ0) is 21.5. The van der Waals surface area contributed by atoms with Crippen molar-refractivity contribution < 1.29 is 9.53 Å². The average Bonchev–Trinajstić information content (AvgIpc) is 3.21. The molecular formula is C26H27N3O2. The van der Waals surface area contributed by atoms with E-state index in [1.807, 2.05) is 61.5 Å². The van der Waals surface area contributed by atoms with E-state index in [2.05, 4.69) is 40.0 Å². The van der Waals surface area contributed by atoms with Crippen molar-refractivity contribution in [3.63, 3.8) is 0 Å². The number of rotatable bonds is 9. The molecule has 0 spiro atoms. The Morgan fingerprint density at radius 3 is 2.58 bits per heavy atom. The maximum absolute atomic E-state index is 12.2. The van der Waals surface area contributed by atoms with Crippen LogP contribution in [0, 0.1) is 6.92 Å². The van der Waals surface area contributed by atoms with E-state index in [1.165, 1.54) is 16.5 Å². The van der Waals surface area contributed by atoms with Crippen LogP contribution in [0.25, 0.3) is 10.9 Å². The van der Waals surface area contributed by atoms with E-state index in [-0.39, 0.29) is 12.5 Å². The minimum atomic E-state index is -0.175. The standard InChI is InChI=1S/C26H27N3O2/c1-19-10-12-22(13-11-19)29-26(30)18-31-25-9-5-2-6-21(25)16-27-15-14-20-17-28-24-8-4-3-7-23(20)24/h2-13,17,27-28H,14-16,18H2,1H3,(H,29,30). The van der Waals surface area contributed by atoms with Crippen LogP contribution in [0.2, 0.25) is 0 Å². The summed E-state index contributed by atoms with van der Waals surface area (Å²) in [4.78, 5) is 15.5. The number of aromatic amines is 1. The van der Waals surface area contributed by atoms with Gasteiger partial charge in [-0.25, -0.2) is 0 Å². The third kappa shape index (κ3) is 5.53. The van der Waals surface area contributed by atoms with Gasteiger partial charge in [0.05, 0.1) is 0 Å². The lowest BCUT2D eigenvalue weighted by atomic mass is 10.1. The smallest absolute Gasteiger partial charge is 0.262 e. The summed E-state index contributed by atoms with van der Waals surface area (Å²) in [6, 6.07) is 23.9. The van der Waals surface area contributed by atoms with Crippen LogP contribution in [0.3, 0.4) is 0 Å². The highest BCUT2D eigenvalue weighted by atomic mass is 16.5. The van der Waals surface area contributed by atoms with Crippen molar-refractivity contribution in [3.05, 3.63) is 95.7 Å². The molecule has 3 N–H and O–H groups in total. The summed E-state index contributed by atoms with van der Waals surface area (Å²) in [5.74, 6) is 0.548. The number of aromatic nitrogens is 1. The second kappa shape index (κ2) is 9.96. The van der Waals surface area contributed by atoms with Gasteiger partial charge in [0.25, 0.3) is 5.91 Å². The molecule has 0 bridgehead atoms. The Morgan fingerprint density at radius 1 is 0.935 bits per heavy atom. The molecule has 0 unspecified atom stereocenters. The van der Waals surface area contributed by atoms with Gasteiger partial charge < -0.3 is 20.4 Å². The van der Waals surface area contributed by atoms with Crippen molar-refractivity contribution in [1.29, 1.82) is 0 Å². The van der Waals surface area contributed by atoms with Crippen molar-refractivity contribution >= 4 is 22.5 Å². The van der Waals surface area contributed by atoms with E-state index in [0.717, 1.165) is 35.5 Å². The molecule has 0 atom stereocenters. The Labute approximate surface area is 182 Å². The van der Waals surface area contributed by atoms with Crippen LogP contribution in [0.5, 0.6) is 5.75 Å². The lowest BCUT2D eigenvalue weighted by Gasteiger charge is -2.12. The molecule has 0 aliphatic rings. The molecular weight excluding hydrogens is 386 g/mol. The second-order valence-corrected chi connectivity index (χ2v) is 7.60. The lowest BCUT2D eigenvalue weighted by molar-refractivity contribution is -0.118. The molecule has 4 rings (SSSR count). The summed E-state index contributed by atoms with van der Waals surface area (Å²) < 4.78 is 5.80. The van der Waals surface area contributed by atoms with Gasteiger partial charge in [-0.15, -0.1) is 0 Å². The maximum atomic E-state index is 12.2. The first-order valence-corrected chi connectivity index (χ1v) is 10.5. The molecule has 0 radical (unpaired) electrons. The topological polar surface area (TPSA) is 66.2 Å². The Kier molecular flexibility index (Phi) is 6.65. The number of hydrogen-bond acceptors (Lipinski definition) is 3. The van der Waals surface area contributed by atoms with E-state index in [4.69, 9.17) is 4.74 Å². The first-order valence-electron chi connectivity index (χ1n) is 10.5. The Bertz CT molecular complexity index is 1150. The second-order valence-electron chi connectivity index (χ2n) is 7.60. The van der Waals surface area contributed by atoms with Crippen LogP contribution in [0.15, 0.2) is 79.0 Å². The highest BCUT2D eigenvalue weighted by Gasteiger charge is 2.08. The Hall–Kier alpha value is -3.57. The largest absolute Gasteiger partial charge is 0.483 e. The van der Waals surface area contributed by atoms with E-state index in [1.54, 1.807) is 0 Å². The quantitative estimate of drug-likeness (QED) is 0.345. The van der Waals surface area contributed by atoms with E-state index >= 15 is 0 Å². The van der Waals surface area contributed by atoms with E-state index in [9.17, 15) is 4.79 Å². The molecule has 0 saturated heterocycles. The minimum Gasteiger partial charge on any atom is -0.483 e. The normalized spacial score (nSPS) is 10.9. The molecule has 158 valence electrons. The number of ether oxygens (including phenoxy) is 1. The zero-order valence-electron chi connectivity index (χ0n) is 17.7. The zero-order valence-corrected chi connectivity index (χ0v) is 17.7. The molecule has 5 heteroatoms. The van der Waals surface area contributed by atoms with Gasteiger partial charge in [-0.05, 0) is 49.7 Å². The summed E-state index contributed by atoms with van der Waals surface area (Å²) >= 11 is 0. The number of para-hydroxylation sites is 2.